The molecule has 2 N–H and O–H groups in total. The topological polar surface area (TPSA) is 70.6 Å². The lowest BCUT2D eigenvalue weighted by Crippen LogP contribution is -2.43. The van der Waals surface area contributed by atoms with Crippen LogP contribution < -0.4 is 10.7 Å². The second-order valence-corrected chi connectivity index (χ2v) is 5.76. The van der Waals surface area contributed by atoms with Gasteiger partial charge in [0.1, 0.15) is 6.04 Å². The molecule has 2 aromatic carbocycles. The highest BCUT2D eigenvalue weighted by molar-refractivity contribution is 9.10. The first-order valence-electron chi connectivity index (χ1n) is 7.00. The quantitative estimate of drug-likeness (QED) is 0.624. The fourth-order valence-corrected chi connectivity index (χ4v) is 2.02. The summed E-state index contributed by atoms with van der Waals surface area (Å²) in [5, 5.41) is 6.50. The van der Waals surface area contributed by atoms with Crippen molar-refractivity contribution in [3.63, 3.8) is 0 Å². The van der Waals surface area contributed by atoms with Crippen molar-refractivity contribution in [1.82, 2.24) is 10.7 Å². The Bertz CT molecular complexity index is 700. The fraction of sp³-hybridized carbons (Fsp3) is 0.118. The van der Waals surface area contributed by atoms with Gasteiger partial charge in [0.2, 0.25) is 0 Å². The Morgan fingerprint density at radius 1 is 1.09 bits per heavy atom. The number of carbonyl (C=O) groups excluding carboxylic acids is 2. The van der Waals surface area contributed by atoms with Crippen molar-refractivity contribution in [3.05, 3.63) is 70.2 Å². The molecule has 0 aromatic heterocycles. The summed E-state index contributed by atoms with van der Waals surface area (Å²) in [5.41, 5.74) is 3.77. The Kier molecular flexibility index (Phi) is 6.05. The summed E-state index contributed by atoms with van der Waals surface area (Å²) < 4.78 is 0.968. The third-order valence-corrected chi connectivity index (χ3v) is 3.56. The molecule has 23 heavy (non-hydrogen) atoms. The highest BCUT2D eigenvalue weighted by Gasteiger charge is 2.15. The van der Waals surface area contributed by atoms with Crippen LogP contribution in [-0.2, 0) is 4.79 Å². The van der Waals surface area contributed by atoms with Crippen LogP contribution in [-0.4, -0.2) is 24.1 Å². The first-order valence-corrected chi connectivity index (χ1v) is 7.80. The predicted molar refractivity (Wildman–Crippen MR) is 93.2 cm³/mol. The Labute approximate surface area is 142 Å². The van der Waals surface area contributed by atoms with Crippen molar-refractivity contribution in [1.29, 1.82) is 0 Å². The van der Waals surface area contributed by atoms with Gasteiger partial charge < -0.3 is 5.32 Å². The van der Waals surface area contributed by atoms with Crippen LogP contribution in [0.3, 0.4) is 0 Å². The molecule has 2 amide bonds. The fourth-order valence-electron chi connectivity index (χ4n) is 1.75. The SMILES string of the molecule is CC(NC(=O)c1ccccc1)C(=O)NN=Cc1ccc(Br)cc1. The van der Waals surface area contributed by atoms with E-state index >= 15 is 0 Å². The van der Waals surface area contributed by atoms with E-state index < -0.39 is 6.04 Å². The highest BCUT2D eigenvalue weighted by atomic mass is 79.9. The summed E-state index contributed by atoms with van der Waals surface area (Å²) in [7, 11) is 0. The molecule has 0 saturated heterocycles. The molecule has 0 fully saturated rings. The van der Waals surface area contributed by atoms with E-state index in [0.29, 0.717) is 5.56 Å². The summed E-state index contributed by atoms with van der Waals surface area (Å²) in [4.78, 5) is 23.9. The van der Waals surface area contributed by atoms with Crippen LogP contribution >= 0.6 is 15.9 Å². The molecule has 0 radical (unpaired) electrons. The number of halogens is 1. The Morgan fingerprint density at radius 2 is 1.74 bits per heavy atom. The van der Waals surface area contributed by atoms with Gasteiger partial charge in [-0.2, -0.15) is 5.10 Å². The molecule has 0 saturated carbocycles. The molecule has 0 aliphatic rings. The lowest BCUT2D eigenvalue weighted by molar-refractivity contribution is -0.122. The Balaban J connectivity index is 1.85. The average Bonchev–Trinajstić information content (AvgIpc) is 2.57. The molecule has 2 aromatic rings. The van der Waals surface area contributed by atoms with E-state index in [0.717, 1.165) is 10.0 Å². The van der Waals surface area contributed by atoms with Crippen LogP contribution in [0.1, 0.15) is 22.8 Å². The minimum absolute atomic E-state index is 0.301. The third kappa shape index (κ3) is 5.34. The molecule has 2 rings (SSSR count). The van der Waals surface area contributed by atoms with Gasteiger partial charge in [-0.15, -0.1) is 0 Å². The van der Waals surface area contributed by atoms with Crippen molar-refractivity contribution < 1.29 is 9.59 Å². The normalized spacial score (nSPS) is 11.9. The Hall–Kier alpha value is -2.47. The number of nitrogens with one attached hydrogen (secondary N) is 2. The van der Waals surface area contributed by atoms with E-state index in [1.165, 1.54) is 6.21 Å². The van der Waals surface area contributed by atoms with E-state index in [1.807, 2.05) is 30.3 Å². The molecule has 5 nitrogen and oxygen atoms in total. The molecular formula is C17H16BrN3O2. The average molecular weight is 374 g/mol. The number of amides is 2. The summed E-state index contributed by atoms with van der Waals surface area (Å²) in [6.45, 7) is 1.60. The van der Waals surface area contributed by atoms with Crippen LogP contribution in [0.15, 0.2) is 64.2 Å². The maximum absolute atomic E-state index is 12.0. The summed E-state index contributed by atoms with van der Waals surface area (Å²) >= 11 is 3.34. The highest BCUT2D eigenvalue weighted by Crippen LogP contribution is 2.08. The lowest BCUT2D eigenvalue weighted by atomic mass is 10.2. The minimum atomic E-state index is -0.690. The zero-order valence-corrected chi connectivity index (χ0v) is 14.1. The monoisotopic (exact) mass is 373 g/mol. The van der Waals surface area contributed by atoms with Gasteiger partial charge in [0.25, 0.3) is 11.8 Å². The Morgan fingerprint density at radius 3 is 2.39 bits per heavy atom. The molecule has 0 aliphatic heterocycles. The van der Waals surface area contributed by atoms with Gasteiger partial charge in [0, 0.05) is 10.0 Å². The number of hydrogen-bond donors (Lipinski definition) is 2. The smallest absolute Gasteiger partial charge is 0.262 e. The molecule has 0 spiro atoms. The standard InChI is InChI=1S/C17H16BrN3O2/c1-12(20-17(23)14-5-3-2-4-6-14)16(22)21-19-11-13-7-9-15(18)10-8-13/h2-12H,1H3,(H,20,23)(H,21,22). The second-order valence-electron chi connectivity index (χ2n) is 4.85. The number of carbonyl (C=O) groups is 2. The van der Waals surface area contributed by atoms with E-state index in [4.69, 9.17) is 0 Å². The van der Waals surface area contributed by atoms with Crippen LogP contribution in [0.4, 0.5) is 0 Å². The van der Waals surface area contributed by atoms with E-state index in [1.54, 1.807) is 31.2 Å². The number of hydrogen-bond acceptors (Lipinski definition) is 3. The van der Waals surface area contributed by atoms with E-state index in [9.17, 15) is 9.59 Å². The van der Waals surface area contributed by atoms with Gasteiger partial charge in [0.15, 0.2) is 0 Å². The zero-order valence-electron chi connectivity index (χ0n) is 12.5. The zero-order chi connectivity index (χ0) is 16.7. The lowest BCUT2D eigenvalue weighted by Gasteiger charge is -2.12. The molecule has 1 unspecified atom stereocenters. The summed E-state index contributed by atoms with van der Waals surface area (Å²) in [6, 6.07) is 15.5. The first kappa shape index (κ1) is 16.9. The third-order valence-electron chi connectivity index (χ3n) is 3.04. The van der Waals surface area contributed by atoms with Crippen molar-refractivity contribution in [2.45, 2.75) is 13.0 Å². The predicted octanol–water partition coefficient (Wildman–Crippen LogP) is 2.72. The molecule has 0 bridgehead atoms. The van der Waals surface area contributed by atoms with Crippen molar-refractivity contribution >= 4 is 34.0 Å². The largest absolute Gasteiger partial charge is 0.340 e. The van der Waals surface area contributed by atoms with Gasteiger partial charge >= 0.3 is 0 Å². The molecule has 0 aliphatic carbocycles. The van der Waals surface area contributed by atoms with Gasteiger partial charge in [-0.25, -0.2) is 5.43 Å². The van der Waals surface area contributed by atoms with Gasteiger partial charge in [-0.1, -0.05) is 46.3 Å². The van der Waals surface area contributed by atoms with Crippen molar-refractivity contribution in [2.24, 2.45) is 5.10 Å². The maximum atomic E-state index is 12.0. The van der Waals surface area contributed by atoms with Crippen LogP contribution in [0.5, 0.6) is 0 Å². The van der Waals surface area contributed by atoms with Crippen LogP contribution in [0, 0.1) is 0 Å². The molecule has 0 heterocycles. The molecule has 118 valence electrons. The molecule has 6 heteroatoms. The first-order chi connectivity index (χ1) is 11.1. The van der Waals surface area contributed by atoms with Gasteiger partial charge in [-0.3, -0.25) is 9.59 Å². The van der Waals surface area contributed by atoms with E-state index in [-0.39, 0.29) is 11.8 Å². The number of hydrazone groups is 1. The molecular weight excluding hydrogens is 358 g/mol. The van der Waals surface area contributed by atoms with Crippen LogP contribution in [0.2, 0.25) is 0 Å². The maximum Gasteiger partial charge on any atom is 0.262 e. The van der Waals surface area contributed by atoms with Crippen molar-refractivity contribution in [2.75, 3.05) is 0 Å². The minimum Gasteiger partial charge on any atom is -0.340 e. The van der Waals surface area contributed by atoms with Gasteiger partial charge in [0.05, 0.1) is 6.21 Å². The number of benzene rings is 2. The molecule has 1 atom stereocenters. The second kappa shape index (κ2) is 8.24. The van der Waals surface area contributed by atoms with Gasteiger partial charge in [-0.05, 0) is 36.8 Å². The van der Waals surface area contributed by atoms with E-state index in [2.05, 4.69) is 31.8 Å². The summed E-state index contributed by atoms with van der Waals surface area (Å²) in [6.07, 6.45) is 1.54. The van der Waals surface area contributed by atoms with Crippen LogP contribution in [0.25, 0.3) is 0 Å². The number of rotatable bonds is 5. The summed E-state index contributed by atoms with van der Waals surface area (Å²) in [5.74, 6) is -0.687. The number of nitrogens with zero attached hydrogens (tertiary/aromatic N) is 1. The van der Waals surface area contributed by atoms with Crippen molar-refractivity contribution in [3.8, 4) is 0 Å².